The van der Waals surface area contributed by atoms with E-state index in [-0.39, 0.29) is 0 Å². The fraction of sp³-hybridized carbons (Fsp3) is 0.317. The van der Waals surface area contributed by atoms with E-state index in [0.717, 1.165) is 102 Å². The number of hydrogen-bond acceptors (Lipinski definition) is 14. The fourth-order valence-corrected chi connectivity index (χ4v) is 12.2. The van der Waals surface area contributed by atoms with Crippen molar-refractivity contribution in [3.05, 3.63) is 146 Å². The maximum atomic E-state index is 8.00. The van der Waals surface area contributed by atoms with Gasteiger partial charge in [0.25, 0.3) is 0 Å². The lowest BCUT2D eigenvalue weighted by molar-refractivity contribution is -0.0980. The number of benzene rings is 8. The van der Waals surface area contributed by atoms with Crippen LogP contribution < -0.4 is 40.9 Å². The number of nitrogens with zero attached hydrogens (tertiary/aromatic N) is 11. The van der Waals surface area contributed by atoms with Crippen molar-refractivity contribution in [2.75, 3.05) is 156 Å². The standard InChI is InChI=1S/C49H61N11.C10H10N2.CH2O/c1-37-25-50(2)29-55(26-37)44-19-7-14-39-38(44)13-8-22-47(39)58-34-59(48-23-11-15-40-42(48)17-9-20-45(40)56-30-51(3)27-52(4)31-56)36-60(35-58)49-24-12-16-41-43(49)18-10-21-46(41)57-32-53(5)28-54(6)33-57;11-9-5-1-3-7-8(9)4-2-6-10(7)12;1-2/h7-24,37H,25-36H2,1-6H3;1-6H,11-12H2;1H2. The van der Waals surface area contributed by atoms with Gasteiger partial charge in [-0.3, -0.25) is 24.5 Å². The van der Waals surface area contributed by atoms with Crippen molar-refractivity contribution in [3.63, 3.8) is 0 Å². The molecule has 0 amide bonds. The van der Waals surface area contributed by atoms with E-state index in [0.29, 0.717) is 5.92 Å². The second-order valence-corrected chi connectivity index (χ2v) is 21.1. The molecule has 0 bridgehead atoms. The molecule has 4 N–H and O–H groups in total. The minimum atomic E-state index is 0.613. The molecule has 14 heteroatoms. The van der Waals surface area contributed by atoms with Gasteiger partial charge in [-0.25, -0.2) is 0 Å². The van der Waals surface area contributed by atoms with Gasteiger partial charge >= 0.3 is 0 Å². The van der Waals surface area contributed by atoms with Crippen molar-refractivity contribution < 1.29 is 4.79 Å². The third-order valence-electron chi connectivity index (χ3n) is 14.9. The Bertz CT molecular complexity index is 2910. The summed E-state index contributed by atoms with van der Waals surface area (Å²) in [5.41, 5.74) is 20.8. The quantitative estimate of drug-likeness (QED) is 0.155. The lowest BCUT2D eigenvalue weighted by Crippen LogP contribution is -2.55. The third kappa shape index (κ3) is 10.2. The zero-order valence-corrected chi connectivity index (χ0v) is 44.1. The van der Waals surface area contributed by atoms with Crippen molar-refractivity contribution in [1.82, 2.24) is 24.5 Å². The number of rotatable bonds is 6. The molecule has 8 aromatic rings. The Morgan fingerprint density at radius 3 is 0.851 bits per heavy atom. The van der Waals surface area contributed by atoms with Crippen LogP contribution in [0.4, 0.5) is 45.5 Å². The number of carbonyl (C=O) groups is 1. The van der Waals surface area contributed by atoms with E-state index in [2.05, 4.69) is 205 Å². The molecule has 4 aliphatic rings. The SMILES string of the molecule is C=O.CC1CN(C)CN(c2cccc3c(N4CN(c5cccc6c(N7CN(C)CN(C)C7)cccc56)CN(c5cccc6c(N7CN(C)CN(C)C7)cccc56)C4)cccc23)C1.Nc1cccc2c(N)cccc12. The number of nitrogen functional groups attached to an aromatic ring is 2. The fourth-order valence-electron chi connectivity index (χ4n) is 12.2. The van der Waals surface area contributed by atoms with Crippen molar-refractivity contribution in [2.45, 2.75) is 6.92 Å². The van der Waals surface area contributed by atoms with E-state index >= 15 is 0 Å². The van der Waals surface area contributed by atoms with Gasteiger partial charge in [-0.1, -0.05) is 104 Å². The second-order valence-electron chi connectivity index (χ2n) is 21.1. The van der Waals surface area contributed by atoms with Crippen molar-refractivity contribution in [2.24, 2.45) is 5.92 Å². The van der Waals surface area contributed by atoms with Crippen LogP contribution in [0.5, 0.6) is 0 Å². The zero-order valence-electron chi connectivity index (χ0n) is 44.1. The predicted octanol–water partition coefficient (Wildman–Crippen LogP) is 9.13. The predicted molar refractivity (Wildman–Crippen MR) is 313 cm³/mol. The molecule has 1 unspecified atom stereocenters. The smallest absolute Gasteiger partial charge is 0.106 e. The van der Waals surface area contributed by atoms with Crippen molar-refractivity contribution in [3.8, 4) is 0 Å². The summed E-state index contributed by atoms with van der Waals surface area (Å²) < 4.78 is 0. The van der Waals surface area contributed by atoms with Crippen LogP contribution in [0.2, 0.25) is 0 Å². The highest BCUT2D eigenvalue weighted by Gasteiger charge is 2.30. The van der Waals surface area contributed by atoms with E-state index in [4.69, 9.17) is 16.3 Å². The van der Waals surface area contributed by atoms with Crippen LogP contribution in [0.15, 0.2) is 146 Å². The number of fused-ring (bicyclic) bond motifs is 4. The maximum Gasteiger partial charge on any atom is 0.106 e. The first-order valence-corrected chi connectivity index (χ1v) is 25.7. The summed E-state index contributed by atoms with van der Waals surface area (Å²) in [6, 6.07) is 53.0. The average molecular weight is 992 g/mol. The van der Waals surface area contributed by atoms with Gasteiger partial charge in [0, 0.05) is 102 Å². The largest absolute Gasteiger partial charge is 0.398 e. The molecule has 4 fully saturated rings. The van der Waals surface area contributed by atoms with Crippen LogP contribution in [-0.2, 0) is 4.79 Å². The number of anilines is 8. The maximum absolute atomic E-state index is 8.00. The normalized spacial score (nSPS) is 18.8. The molecule has 4 heterocycles. The average Bonchev–Trinajstić information content (AvgIpc) is 3.40. The Kier molecular flexibility index (Phi) is 14.7. The molecule has 4 aliphatic heterocycles. The molecular weight excluding hydrogens is 919 g/mol. The molecule has 74 heavy (non-hydrogen) atoms. The third-order valence-corrected chi connectivity index (χ3v) is 14.9. The van der Waals surface area contributed by atoms with Crippen LogP contribution in [0, 0.1) is 5.92 Å². The molecule has 4 saturated heterocycles. The van der Waals surface area contributed by atoms with Crippen molar-refractivity contribution in [1.29, 1.82) is 0 Å². The molecule has 0 radical (unpaired) electrons. The number of carbonyl (C=O) groups excluding carboxylic acids is 1. The monoisotopic (exact) mass is 992 g/mol. The molecule has 14 nitrogen and oxygen atoms in total. The minimum absolute atomic E-state index is 0.613. The summed E-state index contributed by atoms with van der Waals surface area (Å²) in [6.45, 7) is 15.4. The summed E-state index contributed by atoms with van der Waals surface area (Å²) in [7, 11) is 11.1. The Morgan fingerprint density at radius 1 is 0.311 bits per heavy atom. The number of nitrogens with two attached hydrogens (primary N) is 2. The van der Waals surface area contributed by atoms with Gasteiger partial charge in [0.05, 0.1) is 66.7 Å². The van der Waals surface area contributed by atoms with E-state index < -0.39 is 0 Å². The first kappa shape index (κ1) is 50.2. The Hall–Kier alpha value is -7.33. The topological polar surface area (TPSA) is 105 Å². The van der Waals surface area contributed by atoms with Crippen LogP contribution in [0.1, 0.15) is 6.92 Å². The summed E-state index contributed by atoms with van der Waals surface area (Å²) in [5.74, 6) is 0.613. The van der Waals surface area contributed by atoms with Crippen LogP contribution in [-0.4, -0.2) is 146 Å². The first-order valence-electron chi connectivity index (χ1n) is 25.7. The summed E-state index contributed by atoms with van der Waals surface area (Å²) in [4.78, 5) is 35.4. The molecule has 8 aromatic carbocycles. The molecule has 0 spiro atoms. The molecule has 1 atom stereocenters. The van der Waals surface area contributed by atoms with E-state index in [1.54, 1.807) is 0 Å². The molecule has 0 aromatic heterocycles. The van der Waals surface area contributed by atoms with Crippen LogP contribution >= 0.6 is 0 Å². The summed E-state index contributed by atoms with van der Waals surface area (Å²) >= 11 is 0. The minimum Gasteiger partial charge on any atom is -0.398 e. The Labute approximate surface area is 437 Å². The summed E-state index contributed by atoms with van der Waals surface area (Å²) in [5, 5.41) is 9.83. The van der Waals surface area contributed by atoms with Gasteiger partial charge in [-0.2, -0.15) is 0 Å². The number of hydrogen-bond donors (Lipinski definition) is 2. The van der Waals surface area contributed by atoms with E-state index in [9.17, 15) is 0 Å². The van der Waals surface area contributed by atoms with Gasteiger partial charge in [0.2, 0.25) is 0 Å². The van der Waals surface area contributed by atoms with Gasteiger partial charge in [-0.05, 0) is 89.7 Å². The lowest BCUT2D eigenvalue weighted by atomic mass is 10.0. The van der Waals surface area contributed by atoms with Crippen LogP contribution in [0.25, 0.3) is 43.1 Å². The highest BCUT2D eigenvalue weighted by Crippen LogP contribution is 2.41. The molecular formula is C60H73N13O. The molecule has 0 saturated carbocycles. The zero-order chi connectivity index (χ0) is 51.6. The molecule has 384 valence electrons. The van der Waals surface area contributed by atoms with Gasteiger partial charge in [-0.15, -0.1) is 0 Å². The highest BCUT2D eigenvalue weighted by atomic mass is 16.1. The second kappa shape index (κ2) is 21.6. The van der Waals surface area contributed by atoms with Gasteiger partial charge in [0.15, 0.2) is 0 Å². The lowest BCUT2D eigenvalue weighted by Gasteiger charge is -2.46. The Balaban J connectivity index is 0.000000389. The summed E-state index contributed by atoms with van der Waals surface area (Å²) in [6.07, 6.45) is 0. The first-order chi connectivity index (χ1) is 35.9. The van der Waals surface area contributed by atoms with Gasteiger partial charge in [0.1, 0.15) is 6.79 Å². The van der Waals surface area contributed by atoms with E-state index in [1.165, 1.54) is 66.4 Å². The van der Waals surface area contributed by atoms with Gasteiger partial charge < -0.3 is 45.7 Å². The Morgan fingerprint density at radius 2 is 0.554 bits per heavy atom. The van der Waals surface area contributed by atoms with E-state index in [1.807, 2.05) is 43.2 Å². The highest BCUT2D eigenvalue weighted by molar-refractivity contribution is 6.06. The van der Waals surface area contributed by atoms with Crippen molar-refractivity contribution >= 4 is 95.4 Å². The van der Waals surface area contributed by atoms with Crippen LogP contribution in [0.3, 0.4) is 0 Å². The molecule has 12 rings (SSSR count). The molecule has 0 aliphatic carbocycles.